The highest BCUT2D eigenvalue weighted by atomic mass is 16.3. The maximum atomic E-state index is 12.0. The van der Waals surface area contributed by atoms with Crippen LogP contribution in [-0.2, 0) is 4.79 Å². The van der Waals surface area contributed by atoms with Gasteiger partial charge in [0.2, 0.25) is 5.91 Å². The van der Waals surface area contributed by atoms with Crippen LogP contribution in [0.15, 0.2) is 0 Å². The van der Waals surface area contributed by atoms with E-state index < -0.39 is 0 Å². The third-order valence-electron chi connectivity index (χ3n) is 4.16. The van der Waals surface area contributed by atoms with Gasteiger partial charge in [-0.1, -0.05) is 0 Å². The van der Waals surface area contributed by atoms with E-state index in [0.717, 1.165) is 25.7 Å². The van der Waals surface area contributed by atoms with Crippen LogP contribution >= 0.6 is 0 Å². The average molecular weight is 251 g/mol. The second kappa shape index (κ2) is 5.68. The van der Waals surface area contributed by atoms with Gasteiger partial charge in [0.25, 0.3) is 0 Å². The van der Waals surface area contributed by atoms with E-state index in [1.54, 1.807) is 11.9 Å². The Morgan fingerprint density at radius 1 is 1.44 bits per heavy atom. The summed E-state index contributed by atoms with van der Waals surface area (Å²) in [6, 6.07) is 2.79. The van der Waals surface area contributed by atoms with Crippen molar-refractivity contribution >= 4 is 5.91 Å². The predicted octanol–water partition coefficient (Wildman–Crippen LogP) is 0.346. The number of fused-ring (bicyclic) bond motifs is 2. The first-order chi connectivity index (χ1) is 8.61. The number of rotatable bonds is 4. The zero-order valence-electron chi connectivity index (χ0n) is 10.9. The number of hydrogen-bond donors (Lipinski definition) is 1. The van der Waals surface area contributed by atoms with Crippen LogP contribution in [0.5, 0.6) is 0 Å². The van der Waals surface area contributed by atoms with E-state index >= 15 is 0 Å². The summed E-state index contributed by atoms with van der Waals surface area (Å²) in [5, 5.41) is 18.2. The van der Waals surface area contributed by atoms with Crippen LogP contribution in [0.1, 0.15) is 32.1 Å². The average Bonchev–Trinajstić information content (AvgIpc) is 2.59. The Morgan fingerprint density at radius 3 is 2.61 bits per heavy atom. The van der Waals surface area contributed by atoms with Gasteiger partial charge in [-0.05, 0) is 25.7 Å². The lowest BCUT2D eigenvalue weighted by molar-refractivity contribution is -0.132. The van der Waals surface area contributed by atoms with Crippen LogP contribution in [-0.4, -0.2) is 59.1 Å². The number of carbonyl (C=O) groups is 1. The van der Waals surface area contributed by atoms with Crippen molar-refractivity contribution in [2.45, 2.75) is 50.3 Å². The topological polar surface area (TPSA) is 67.6 Å². The van der Waals surface area contributed by atoms with Gasteiger partial charge >= 0.3 is 0 Å². The lowest BCUT2D eigenvalue weighted by Crippen LogP contribution is -2.49. The molecule has 0 aromatic rings. The van der Waals surface area contributed by atoms with Crippen LogP contribution < -0.4 is 0 Å². The van der Waals surface area contributed by atoms with Crippen molar-refractivity contribution in [3.8, 4) is 6.07 Å². The minimum absolute atomic E-state index is 0.0820. The summed E-state index contributed by atoms with van der Waals surface area (Å²) in [5.41, 5.74) is 0. The summed E-state index contributed by atoms with van der Waals surface area (Å²) in [6.45, 7) is 0.936. The zero-order valence-corrected chi connectivity index (χ0v) is 10.9. The van der Waals surface area contributed by atoms with Crippen LogP contribution in [0.3, 0.4) is 0 Å². The van der Waals surface area contributed by atoms with E-state index in [4.69, 9.17) is 5.26 Å². The summed E-state index contributed by atoms with van der Waals surface area (Å²) in [7, 11) is 1.75. The Hall–Kier alpha value is -1.12. The zero-order chi connectivity index (χ0) is 13.1. The number of aliphatic hydroxyl groups excluding tert-OH is 1. The van der Waals surface area contributed by atoms with E-state index in [2.05, 4.69) is 11.0 Å². The Kier molecular flexibility index (Phi) is 4.20. The monoisotopic (exact) mass is 251 g/mol. The maximum Gasteiger partial charge on any atom is 0.236 e. The highest BCUT2D eigenvalue weighted by Gasteiger charge is 2.40. The molecule has 2 aliphatic rings. The fourth-order valence-corrected chi connectivity index (χ4v) is 3.12. The Balaban J connectivity index is 1.87. The molecule has 2 atom stereocenters. The summed E-state index contributed by atoms with van der Waals surface area (Å²) in [4.78, 5) is 15.9. The van der Waals surface area contributed by atoms with Crippen LogP contribution in [0.25, 0.3) is 0 Å². The molecule has 5 heteroatoms. The first-order valence-corrected chi connectivity index (χ1v) is 6.66. The SMILES string of the molecule is CN(CCC#N)C(=O)CN1C2CCC1CC(O)C2. The molecule has 2 heterocycles. The number of aliphatic hydroxyl groups is 1. The molecule has 2 rings (SSSR count). The van der Waals surface area contributed by atoms with E-state index in [9.17, 15) is 9.90 Å². The van der Waals surface area contributed by atoms with Crippen molar-refractivity contribution in [2.75, 3.05) is 20.1 Å². The Labute approximate surface area is 108 Å². The molecular weight excluding hydrogens is 230 g/mol. The standard InChI is InChI=1S/C13H21N3O2/c1-15(6-2-5-14)13(18)9-16-10-3-4-11(16)8-12(17)7-10/h10-12,17H,2-4,6-9H2,1H3. The molecule has 2 unspecified atom stereocenters. The highest BCUT2D eigenvalue weighted by Crippen LogP contribution is 2.35. The van der Waals surface area contributed by atoms with E-state index in [1.165, 1.54) is 0 Å². The minimum atomic E-state index is -0.190. The third-order valence-corrected chi connectivity index (χ3v) is 4.16. The molecule has 0 aliphatic carbocycles. The smallest absolute Gasteiger partial charge is 0.236 e. The third kappa shape index (κ3) is 2.82. The van der Waals surface area contributed by atoms with Gasteiger partial charge in [0, 0.05) is 25.7 Å². The van der Waals surface area contributed by atoms with Crippen molar-refractivity contribution in [2.24, 2.45) is 0 Å². The number of piperidine rings is 1. The number of nitriles is 1. The van der Waals surface area contributed by atoms with E-state index in [0.29, 0.717) is 31.6 Å². The molecule has 0 aromatic heterocycles. The molecule has 0 radical (unpaired) electrons. The molecule has 0 spiro atoms. The van der Waals surface area contributed by atoms with Crippen LogP contribution in [0.4, 0.5) is 0 Å². The molecule has 2 aliphatic heterocycles. The van der Waals surface area contributed by atoms with Gasteiger partial charge in [-0.15, -0.1) is 0 Å². The van der Waals surface area contributed by atoms with E-state index in [-0.39, 0.29) is 12.0 Å². The molecule has 2 bridgehead atoms. The molecule has 0 aromatic carbocycles. The van der Waals surface area contributed by atoms with Crippen molar-refractivity contribution in [3.63, 3.8) is 0 Å². The fourth-order valence-electron chi connectivity index (χ4n) is 3.12. The van der Waals surface area contributed by atoms with Crippen molar-refractivity contribution in [1.29, 1.82) is 5.26 Å². The summed E-state index contributed by atoms with van der Waals surface area (Å²) < 4.78 is 0. The highest BCUT2D eigenvalue weighted by molar-refractivity contribution is 5.78. The van der Waals surface area contributed by atoms with Crippen molar-refractivity contribution < 1.29 is 9.90 Å². The molecule has 1 N–H and O–H groups in total. The lowest BCUT2D eigenvalue weighted by Gasteiger charge is -2.37. The summed E-state index contributed by atoms with van der Waals surface area (Å²) in [5.74, 6) is 0.0820. The summed E-state index contributed by atoms with van der Waals surface area (Å²) in [6.07, 6.45) is 3.98. The molecular formula is C13H21N3O2. The van der Waals surface area contributed by atoms with Gasteiger partial charge < -0.3 is 10.0 Å². The lowest BCUT2D eigenvalue weighted by atomic mass is 10.00. The van der Waals surface area contributed by atoms with Gasteiger partial charge in [0.1, 0.15) is 0 Å². The second-order valence-corrected chi connectivity index (χ2v) is 5.41. The predicted molar refractivity (Wildman–Crippen MR) is 66.6 cm³/mol. The second-order valence-electron chi connectivity index (χ2n) is 5.41. The molecule has 100 valence electrons. The molecule has 1 amide bonds. The number of carbonyl (C=O) groups excluding carboxylic acids is 1. The molecule has 2 fully saturated rings. The van der Waals surface area contributed by atoms with Crippen molar-refractivity contribution in [1.82, 2.24) is 9.80 Å². The first-order valence-electron chi connectivity index (χ1n) is 6.66. The number of hydrogen-bond acceptors (Lipinski definition) is 4. The molecule has 18 heavy (non-hydrogen) atoms. The van der Waals surface area contributed by atoms with Crippen LogP contribution in [0, 0.1) is 11.3 Å². The minimum Gasteiger partial charge on any atom is -0.393 e. The molecule has 2 saturated heterocycles. The maximum absolute atomic E-state index is 12.0. The molecule has 0 saturated carbocycles. The summed E-state index contributed by atoms with van der Waals surface area (Å²) >= 11 is 0. The van der Waals surface area contributed by atoms with Gasteiger partial charge in [-0.3, -0.25) is 9.69 Å². The van der Waals surface area contributed by atoms with Gasteiger partial charge in [0.05, 0.1) is 25.1 Å². The normalized spacial score (nSPS) is 31.1. The van der Waals surface area contributed by atoms with Gasteiger partial charge in [-0.2, -0.15) is 5.26 Å². The number of amides is 1. The molecule has 5 nitrogen and oxygen atoms in total. The van der Waals surface area contributed by atoms with Gasteiger partial charge in [-0.25, -0.2) is 0 Å². The van der Waals surface area contributed by atoms with Crippen molar-refractivity contribution in [3.05, 3.63) is 0 Å². The van der Waals surface area contributed by atoms with E-state index in [1.807, 2.05) is 0 Å². The fraction of sp³-hybridized carbons (Fsp3) is 0.846. The number of nitrogens with zero attached hydrogens (tertiary/aromatic N) is 3. The largest absolute Gasteiger partial charge is 0.393 e. The van der Waals surface area contributed by atoms with Crippen LogP contribution in [0.2, 0.25) is 0 Å². The quantitative estimate of drug-likeness (QED) is 0.782. The van der Waals surface area contributed by atoms with Gasteiger partial charge in [0.15, 0.2) is 0 Å². The Morgan fingerprint density at radius 2 is 2.06 bits per heavy atom. The Bertz CT molecular complexity index is 339. The number of likely N-dealkylation sites (N-methyl/N-ethyl adjacent to an activating group) is 1. The first kappa shape index (κ1) is 13.3.